The predicted molar refractivity (Wildman–Crippen MR) is 65.5 cm³/mol. The van der Waals surface area contributed by atoms with Crippen LogP contribution in [0.2, 0.25) is 0 Å². The Morgan fingerprint density at radius 3 is 2.69 bits per heavy atom. The van der Waals surface area contributed by atoms with E-state index in [1.807, 2.05) is 12.1 Å². The largest absolute Gasteiger partial charge is 0.399 e. The molecule has 0 amide bonds. The van der Waals surface area contributed by atoms with Gasteiger partial charge in [-0.1, -0.05) is 0 Å². The first-order chi connectivity index (χ1) is 7.83. The third-order valence-corrected chi connectivity index (χ3v) is 3.81. The first kappa shape index (κ1) is 9.97. The summed E-state index contributed by atoms with van der Waals surface area (Å²) in [5.74, 6) is 1.52. The maximum atomic E-state index is 5.70. The molecule has 2 fully saturated rings. The van der Waals surface area contributed by atoms with E-state index in [1.54, 1.807) is 0 Å². The van der Waals surface area contributed by atoms with Gasteiger partial charge in [-0.3, -0.25) is 0 Å². The molecule has 2 atom stereocenters. The van der Waals surface area contributed by atoms with E-state index in [-0.39, 0.29) is 0 Å². The van der Waals surface area contributed by atoms with Gasteiger partial charge in [-0.15, -0.1) is 0 Å². The maximum absolute atomic E-state index is 5.70. The fourth-order valence-electron chi connectivity index (χ4n) is 2.78. The number of piperidine rings is 1. The maximum Gasteiger partial charge on any atom is 0.0514 e. The van der Waals surface area contributed by atoms with E-state index in [1.165, 1.54) is 12.1 Å². The van der Waals surface area contributed by atoms with Crippen LogP contribution >= 0.6 is 0 Å². The molecule has 0 unspecified atom stereocenters. The minimum Gasteiger partial charge on any atom is -0.399 e. The molecule has 3 rings (SSSR count). The van der Waals surface area contributed by atoms with Gasteiger partial charge in [0.1, 0.15) is 0 Å². The van der Waals surface area contributed by atoms with Crippen LogP contribution in [0.5, 0.6) is 0 Å². The molecule has 0 spiro atoms. The molecule has 0 aliphatic carbocycles. The number of ether oxygens (including phenoxy) is 1. The number of rotatable bonds is 1. The molecule has 3 heteroatoms. The Morgan fingerprint density at radius 2 is 1.88 bits per heavy atom. The summed E-state index contributed by atoms with van der Waals surface area (Å²) < 4.78 is 5.55. The van der Waals surface area contributed by atoms with Crippen LogP contribution in [-0.4, -0.2) is 26.3 Å². The van der Waals surface area contributed by atoms with Crippen molar-refractivity contribution in [2.75, 3.05) is 36.9 Å². The number of anilines is 2. The van der Waals surface area contributed by atoms with Gasteiger partial charge in [-0.2, -0.15) is 0 Å². The topological polar surface area (TPSA) is 38.5 Å². The quantitative estimate of drug-likeness (QED) is 0.730. The van der Waals surface area contributed by atoms with Gasteiger partial charge in [0.2, 0.25) is 0 Å². The smallest absolute Gasteiger partial charge is 0.0514 e. The van der Waals surface area contributed by atoms with Crippen LogP contribution in [0.25, 0.3) is 0 Å². The Kier molecular flexibility index (Phi) is 2.48. The van der Waals surface area contributed by atoms with Crippen LogP contribution in [0.1, 0.15) is 6.42 Å². The number of nitrogens with two attached hydrogens (primary N) is 1. The summed E-state index contributed by atoms with van der Waals surface area (Å²) in [5.41, 5.74) is 7.83. The van der Waals surface area contributed by atoms with E-state index in [9.17, 15) is 0 Å². The Bertz CT molecular complexity index is 363. The van der Waals surface area contributed by atoms with Crippen molar-refractivity contribution in [1.82, 2.24) is 0 Å². The van der Waals surface area contributed by atoms with Crippen LogP contribution in [-0.2, 0) is 4.74 Å². The van der Waals surface area contributed by atoms with Crippen molar-refractivity contribution in [2.45, 2.75) is 6.42 Å². The second kappa shape index (κ2) is 3.98. The minimum atomic E-state index is 0.728. The highest BCUT2D eigenvalue weighted by Crippen LogP contribution is 2.31. The molecule has 16 heavy (non-hydrogen) atoms. The Labute approximate surface area is 96.2 Å². The summed E-state index contributed by atoms with van der Waals surface area (Å²) in [5, 5.41) is 0. The van der Waals surface area contributed by atoms with Gasteiger partial charge in [-0.05, 0) is 36.6 Å². The zero-order valence-corrected chi connectivity index (χ0v) is 9.43. The molecule has 1 aromatic carbocycles. The first-order valence-corrected chi connectivity index (χ1v) is 6.01. The van der Waals surface area contributed by atoms with E-state index in [4.69, 9.17) is 10.5 Å². The Hall–Kier alpha value is -1.22. The normalized spacial score (nSPS) is 29.1. The number of nitrogens with zero attached hydrogens (tertiary/aromatic N) is 1. The molecule has 0 radical (unpaired) electrons. The Morgan fingerprint density at radius 1 is 1.12 bits per heavy atom. The molecule has 86 valence electrons. The molecular weight excluding hydrogens is 200 g/mol. The lowest BCUT2D eigenvalue weighted by Crippen LogP contribution is -2.39. The van der Waals surface area contributed by atoms with E-state index in [2.05, 4.69) is 17.0 Å². The van der Waals surface area contributed by atoms with Crippen LogP contribution in [0.15, 0.2) is 24.3 Å². The van der Waals surface area contributed by atoms with E-state index in [0.29, 0.717) is 0 Å². The lowest BCUT2D eigenvalue weighted by Gasteiger charge is -2.35. The molecule has 2 saturated heterocycles. The minimum absolute atomic E-state index is 0.728. The first-order valence-electron chi connectivity index (χ1n) is 6.01. The molecule has 2 N–H and O–H groups in total. The van der Waals surface area contributed by atoms with Gasteiger partial charge < -0.3 is 15.4 Å². The van der Waals surface area contributed by atoms with Gasteiger partial charge in [-0.25, -0.2) is 0 Å². The lowest BCUT2D eigenvalue weighted by atomic mass is 9.88. The summed E-state index contributed by atoms with van der Waals surface area (Å²) in [6, 6.07) is 8.19. The SMILES string of the molecule is Nc1ccc(N2CC[C@@H]3COC[C@H]3C2)cc1. The van der Waals surface area contributed by atoms with Crippen molar-refractivity contribution < 1.29 is 4.74 Å². The molecule has 0 aromatic heterocycles. The lowest BCUT2D eigenvalue weighted by molar-refractivity contribution is 0.182. The zero-order valence-electron chi connectivity index (χ0n) is 9.43. The molecular formula is C13H18N2O. The summed E-state index contributed by atoms with van der Waals surface area (Å²) in [6.07, 6.45) is 1.26. The van der Waals surface area contributed by atoms with Crippen molar-refractivity contribution >= 4 is 11.4 Å². The number of nitrogen functional groups attached to an aromatic ring is 1. The predicted octanol–water partition coefficient (Wildman–Crippen LogP) is 1.74. The van der Waals surface area contributed by atoms with Crippen molar-refractivity contribution in [2.24, 2.45) is 11.8 Å². The summed E-state index contributed by atoms with van der Waals surface area (Å²) in [6.45, 7) is 4.19. The summed E-state index contributed by atoms with van der Waals surface area (Å²) >= 11 is 0. The average molecular weight is 218 g/mol. The summed E-state index contributed by atoms with van der Waals surface area (Å²) in [4.78, 5) is 2.45. The van der Waals surface area contributed by atoms with Crippen molar-refractivity contribution in [1.29, 1.82) is 0 Å². The van der Waals surface area contributed by atoms with Crippen LogP contribution in [0.3, 0.4) is 0 Å². The third-order valence-electron chi connectivity index (χ3n) is 3.81. The highest BCUT2D eigenvalue weighted by Gasteiger charge is 2.33. The van der Waals surface area contributed by atoms with Crippen LogP contribution < -0.4 is 10.6 Å². The van der Waals surface area contributed by atoms with Gasteiger partial charge in [0.15, 0.2) is 0 Å². The summed E-state index contributed by atoms with van der Waals surface area (Å²) in [7, 11) is 0. The molecule has 2 aliphatic heterocycles. The van der Waals surface area contributed by atoms with Crippen LogP contribution in [0, 0.1) is 11.8 Å². The van der Waals surface area contributed by atoms with Crippen molar-refractivity contribution in [3.8, 4) is 0 Å². The molecule has 0 bridgehead atoms. The van der Waals surface area contributed by atoms with Crippen LogP contribution in [0.4, 0.5) is 11.4 Å². The second-order valence-corrected chi connectivity index (χ2v) is 4.88. The van der Waals surface area contributed by atoms with E-state index < -0.39 is 0 Å². The fraction of sp³-hybridized carbons (Fsp3) is 0.538. The van der Waals surface area contributed by atoms with Gasteiger partial charge >= 0.3 is 0 Å². The third kappa shape index (κ3) is 1.76. The second-order valence-electron chi connectivity index (χ2n) is 4.88. The highest BCUT2D eigenvalue weighted by molar-refractivity contribution is 5.53. The van der Waals surface area contributed by atoms with Gasteiger partial charge in [0, 0.05) is 37.0 Å². The van der Waals surface area contributed by atoms with Gasteiger partial charge in [0.25, 0.3) is 0 Å². The monoisotopic (exact) mass is 218 g/mol. The van der Waals surface area contributed by atoms with E-state index in [0.717, 1.165) is 43.8 Å². The van der Waals surface area contributed by atoms with E-state index >= 15 is 0 Å². The van der Waals surface area contributed by atoms with Gasteiger partial charge in [0.05, 0.1) is 6.61 Å². The molecule has 1 aromatic rings. The molecule has 2 heterocycles. The highest BCUT2D eigenvalue weighted by atomic mass is 16.5. The molecule has 0 saturated carbocycles. The average Bonchev–Trinajstić information content (AvgIpc) is 2.77. The standard InChI is InChI=1S/C13H18N2O/c14-12-1-3-13(4-2-12)15-6-5-10-8-16-9-11(10)7-15/h1-4,10-11H,5-9,14H2/t10-,11-/m1/s1. The molecule has 3 nitrogen and oxygen atoms in total. The number of hydrogen-bond acceptors (Lipinski definition) is 3. The van der Waals surface area contributed by atoms with Crippen molar-refractivity contribution in [3.05, 3.63) is 24.3 Å². The van der Waals surface area contributed by atoms with Crippen molar-refractivity contribution in [3.63, 3.8) is 0 Å². The Balaban J connectivity index is 1.74. The number of fused-ring (bicyclic) bond motifs is 1. The number of benzene rings is 1. The molecule has 2 aliphatic rings. The fourth-order valence-corrected chi connectivity index (χ4v) is 2.78. The zero-order chi connectivity index (χ0) is 11.0. The number of hydrogen-bond donors (Lipinski definition) is 1.